The van der Waals surface area contributed by atoms with Crippen LogP contribution in [-0.2, 0) is 0 Å². The van der Waals surface area contributed by atoms with Crippen LogP contribution in [0.5, 0.6) is 11.5 Å². The second kappa shape index (κ2) is 12.0. The number of hydrogen-bond acceptors (Lipinski definition) is 8. The highest BCUT2D eigenvalue weighted by molar-refractivity contribution is 14.1. The van der Waals surface area contributed by atoms with Gasteiger partial charge in [-0.15, -0.1) is 0 Å². The van der Waals surface area contributed by atoms with Crippen molar-refractivity contribution in [3.63, 3.8) is 0 Å². The van der Waals surface area contributed by atoms with Crippen molar-refractivity contribution in [2.24, 2.45) is 16.6 Å². The van der Waals surface area contributed by atoms with Crippen molar-refractivity contribution in [2.75, 3.05) is 18.5 Å². The molecule has 0 bridgehead atoms. The zero-order valence-corrected chi connectivity index (χ0v) is 25.5. The fraction of sp³-hybridized carbons (Fsp3) is 0.357. The van der Waals surface area contributed by atoms with E-state index in [0.717, 1.165) is 23.3 Å². The van der Waals surface area contributed by atoms with E-state index in [1.807, 2.05) is 39.0 Å². The van der Waals surface area contributed by atoms with Crippen molar-refractivity contribution in [1.29, 1.82) is 0 Å². The molecule has 1 aliphatic rings. The third-order valence-corrected chi connectivity index (χ3v) is 8.28. The van der Waals surface area contributed by atoms with Gasteiger partial charge in [-0.3, -0.25) is 23.5 Å². The van der Waals surface area contributed by atoms with Gasteiger partial charge in [0.25, 0.3) is 11.5 Å². The zero-order chi connectivity index (χ0) is 28.4. The Morgan fingerprint density at radius 1 is 1.30 bits per heavy atom. The third kappa shape index (κ3) is 6.02. The molecule has 0 aliphatic heterocycles. The van der Waals surface area contributed by atoms with Crippen molar-refractivity contribution in [3.8, 4) is 11.5 Å². The number of pyridine rings is 1. The van der Waals surface area contributed by atoms with Gasteiger partial charge < -0.3 is 20.5 Å². The molecule has 4 aromatic rings. The van der Waals surface area contributed by atoms with Crippen LogP contribution in [0.25, 0.3) is 10.9 Å². The molecule has 1 fully saturated rings. The van der Waals surface area contributed by atoms with Crippen LogP contribution in [0.1, 0.15) is 56.0 Å². The molecule has 1 unspecified atom stereocenters. The Hall–Kier alpha value is -3.39. The summed E-state index contributed by atoms with van der Waals surface area (Å²) in [4.78, 5) is 35.2. The van der Waals surface area contributed by atoms with Gasteiger partial charge in [0.05, 0.1) is 24.3 Å². The predicted molar refractivity (Wildman–Crippen MR) is 167 cm³/mol. The number of nitrogens with zero attached hydrogens (tertiary/aromatic N) is 3. The average Bonchev–Trinajstić information content (AvgIpc) is 3.49. The summed E-state index contributed by atoms with van der Waals surface area (Å²) in [6.45, 7) is 6.83. The Morgan fingerprint density at radius 2 is 2.08 bits per heavy atom. The van der Waals surface area contributed by atoms with Crippen LogP contribution in [0.3, 0.4) is 0 Å². The largest absolute Gasteiger partial charge is 0.494 e. The molecular formula is C28H31IN6O4S. The first-order chi connectivity index (χ1) is 19.3. The Bertz CT molecular complexity index is 1640. The lowest BCUT2D eigenvalue weighted by Crippen LogP contribution is -2.24. The zero-order valence-electron chi connectivity index (χ0n) is 22.5. The second-order valence-electron chi connectivity index (χ2n) is 9.67. The fourth-order valence-electron chi connectivity index (χ4n) is 4.60. The summed E-state index contributed by atoms with van der Waals surface area (Å²) in [5.74, 6) is 2.45. The minimum absolute atomic E-state index is 0.0445. The fourth-order valence-corrected chi connectivity index (χ4v) is 6.02. The Morgan fingerprint density at radius 3 is 2.77 bits per heavy atom. The summed E-state index contributed by atoms with van der Waals surface area (Å²) >= 11 is 3.25. The standard InChI is InChI=1S/C28H31IN6O4S/c1-4-38-17-11-21-18(22(12-17)39-5-2)8-9-35(21)28(37)19-14-31-23(13-20(19)29)33-27-24(26(36)34-40-27)25(30)32-15(3)10-16-6-7-16/h8-9,11-16H,4-7,10H2,1-3H3,(H2,30,32)(H,31,33)(H,34,36). The number of benzene rings is 1. The topological polar surface area (TPSA) is 137 Å². The molecule has 10 nitrogen and oxygen atoms in total. The molecule has 1 saturated carbocycles. The lowest BCUT2D eigenvalue weighted by Gasteiger charge is -2.12. The van der Waals surface area contributed by atoms with Crippen molar-refractivity contribution in [3.05, 3.63) is 61.7 Å². The van der Waals surface area contributed by atoms with Gasteiger partial charge in [-0.2, -0.15) is 0 Å². The first-order valence-electron chi connectivity index (χ1n) is 13.2. The number of H-pyrrole nitrogens is 1. The maximum absolute atomic E-state index is 13.6. The lowest BCUT2D eigenvalue weighted by molar-refractivity contribution is 0.0964. The molecule has 40 heavy (non-hydrogen) atoms. The van der Waals surface area contributed by atoms with Crippen molar-refractivity contribution in [2.45, 2.75) is 46.1 Å². The van der Waals surface area contributed by atoms with E-state index in [1.54, 1.807) is 16.8 Å². The smallest absolute Gasteiger partial charge is 0.271 e. The highest BCUT2D eigenvalue weighted by Crippen LogP contribution is 2.35. The minimum atomic E-state index is -0.300. The van der Waals surface area contributed by atoms with Crippen LogP contribution in [0.15, 0.2) is 46.4 Å². The molecule has 12 heteroatoms. The van der Waals surface area contributed by atoms with Crippen LogP contribution in [-0.4, -0.2) is 44.9 Å². The van der Waals surface area contributed by atoms with Crippen molar-refractivity contribution in [1.82, 2.24) is 13.9 Å². The summed E-state index contributed by atoms with van der Waals surface area (Å²) in [5, 5.41) is 4.52. The number of aromatic amines is 1. The summed E-state index contributed by atoms with van der Waals surface area (Å²) in [6, 6.07) is 7.33. The number of carbonyl (C=O) groups excluding carboxylic acids is 1. The number of carbonyl (C=O) groups is 1. The Kier molecular flexibility index (Phi) is 8.45. The van der Waals surface area contributed by atoms with E-state index in [-0.39, 0.29) is 23.3 Å². The predicted octanol–water partition coefficient (Wildman–Crippen LogP) is 5.51. The molecule has 5 rings (SSSR count). The van der Waals surface area contributed by atoms with Crippen LogP contribution in [0.2, 0.25) is 0 Å². The molecule has 0 spiro atoms. The summed E-state index contributed by atoms with van der Waals surface area (Å²) in [5.41, 5.74) is 7.37. The molecule has 1 atom stereocenters. The molecule has 1 aliphatic carbocycles. The van der Waals surface area contributed by atoms with Gasteiger partial charge in [-0.05, 0) is 79.4 Å². The molecular weight excluding hydrogens is 643 g/mol. The number of nitrogens with two attached hydrogens (primary N) is 1. The number of fused-ring (bicyclic) bond motifs is 1. The number of amidine groups is 1. The highest BCUT2D eigenvalue weighted by Gasteiger charge is 2.24. The summed E-state index contributed by atoms with van der Waals surface area (Å²) < 4.78 is 16.5. The molecule has 3 aromatic heterocycles. The molecule has 0 saturated heterocycles. The van der Waals surface area contributed by atoms with Gasteiger partial charge in [-0.25, -0.2) is 4.98 Å². The van der Waals surface area contributed by atoms with E-state index >= 15 is 0 Å². The number of rotatable bonds is 11. The van der Waals surface area contributed by atoms with Crippen LogP contribution in [0.4, 0.5) is 10.8 Å². The molecule has 1 aromatic carbocycles. The van der Waals surface area contributed by atoms with Crippen LogP contribution < -0.4 is 26.1 Å². The lowest BCUT2D eigenvalue weighted by atomic mass is 10.1. The molecule has 4 N–H and O–H groups in total. The van der Waals surface area contributed by atoms with E-state index in [9.17, 15) is 9.59 Å². The first-order valence-corrected chi connectivity index (χ1v) is 15.1. The molecule has 210 valence electrons. The van der Waals surface area contributed by atoms with E-state index < -0.39 is 0 Å². The van der Waals surface area contributed by atoms with Crippen LogP contribution >= 0.6 is 34.1 Å². The number of anilines is 2. The number of ether oxygens (including phenoxy) is 2. The minimum Gasteiger partial charge on any atom is -0.494 e. The van der Waals surface area contributed by atoms with E-state index in [0.29, 0.717) is 61.7 Å². The van der Waals surface area contributed by atoms with Gasteiger partial charge in [0, 0.05) is 39.5 Å². The van der Waals surface area contributed by atoms with Gasteiger partial charge in [-0.1, -0.05) is 12.8 Å². The number of aliphatic imine (C=N–C) groups is 1. The molecule has 0 amide bonds. The number of aromatic nitrogens is 3. The summed E-state index contributed by atoms with van der Waals surface area (Å²) in [6.07, 6.45) is 6.69. The highest BCUT2D eigenvalue weighted by atomic mass is 127. The van der Waals surface area contributed by atoms with Crippen LogP contribution in [0, 0.1) is 9.49 Å². The second-order valence-corrected chi connectivity index (χ2v) is 11.6. The number of hydrogen-bond donors (Lipinski definition) is 3. The average molecular weight is 675 g/mol. The maximum atomic E-state index is 13.6. The normalized spacial score (nSPS) is 14.3. The molecule has 0 radical (unpaired) electrons. The SMILES string of the molecule is CCOc1cc(OCC)c2ccn(C(=O)c3cnc(Nc4s[nH]c(=O)c4C(N)=NC(C)CC4CC4)cc3I)c2c1. The van der Waals surface area contributed by atoms with Gasteiger partial charge in [0.15, 0.2) is 0 Å². The molecule has 3 heterocycles. The van der Waals surface area contributed by atoms with Gasteiger partial charge in [0.2, 0.25) is 0 Å². The van der Waals surface area contributed by atoms with E-state index in [1.165, 1.54) is 19.0 Å². The quantitative estimate of drug-likeness (QED) is 0.108. The number of nitrogens with one attached hydrogen (secondary N) is 2. The van der Waals surface area contributed by atoms with Gasteiger partial charge >= 0.3 is 0 Å². The van der Waals surface area contributed by atoms with E-state index in [4.69, 9.17) is 15.2 Å². The van der Waals surface area contributed by atoms with Crippen molar-refractivity contribution >= 4 is 67.6 Å². The van der Waals surface area contributed by atoms with Gasteiger partial charge in [0.1, 0.15) is 33.7 Å². The Balaban J connectivity index is 1.40. The monoisotopic (exact) mass is 674 g/mol. The van der Waals surface area contributed by atoms with Crippen molar-refractivity contribution < 1.29 is 14.3 Å². The first kappa shape index (κ1) is 28.1. The maximum Gasteiger partial charge on any atom is 0.271 e. The van der Waals surface area contributed by atoms with E-state index in [2.05, 4.69) is 42.3 Å². The third-order valence-electron chi connectivity index (χ3n) is 6.59. The summed E-state index contributed by atoms with van der Waals surface area (Å²) in [7, 11) is 0. The number of halogens is 1. The Labute approximate surface area is 249 Å².